The Morgan fingerprint density at radius 2 is 2.11 bits per heavy atom. The second-order valence-corrected chi connectivity index (χ2v) is 6.96. The fourth-order valence-corrected chi connectivity index (χ4v) is 3.64. The van der Waals surface area contributed by atoms with Crippen LogP contribution in [0.3, 0.4) is 0 Å². The van der Waals surface area contributed by atoms with Gasteiger partial charge in [0, 0.05) is 19.7 Å². The Hall–Kier alpha value is -2.74. The molecule has 1 unspecified atom stereocenters. The van der Waals surface area contributed by atoms with Gasteiger partial charge in [-0.25, -0.2) is 0 Å². The van der Waals surface area contributed by atoms with Crippen LogP contribution in [0.2, 0.25) is 0 Å². The highest BCUT2D eigenvalue weighted by molar-refractivity contribution is 6.01. The van der Waals surface area contributed by atoms with Gasteiger partial charge < -0.3 is 19.5 Å². The molecule has 142 valence electrons. The van der Waals surface area contributed by atoms with Gasteiger partial charge in [0.15, 0.2) is 11.9 Å². The molecule has 4 rings (SSSR count). The van der Waals surface area contributed by atoms with E-state index in [9.17, 15) is 9.59 Å². The van der Waals surface area contributed by atoms with Crippen molar-refractivity contribution >= 4 is 11.8 Å². The molecule has 1 N–H and O–H groups in total. The van der Waals surface area contributed by atoms with Crippen LogP contribution >= 0.6 is 0 Å². The molecular weight excluding hydrogens is 348 g/mol. The van der Waals surface area contributed by atoms with Crippen molar-refractivity contribution in [2.45, 2.75) is 38.5 Å². The number of nitrogens with zero attached hydrogens (tertiary/aromatic N) is 3. The number of amides is 2. The van der Waals surface area contributed by atoms with Gasteiger partial charge in [-0.05, 0) is 25.3 Å². The monoisotopic (exact) mass is 370 g/mol. The molecule has 0 spiro atoms. The normalized spacial score (nSPS) is 25.1. The van der Waals surface area contributed by atoms with E-state index in [2.05, 4.69) is 15.5 Å². The van der Waals surface area contributed by atoms with Crippen LogP contribution < -0.4 is 5.32 Å². The first kappa shape index (κ1) is 17.7. The third-order valence-electron chi connectivity index (χ3n) is 5.04. The minimum Gasteiger partial charge on any atom is -0.366 e. The Labute approximate surface area is 156 Å². The van der Waals surface area contributed by atoms with Gasteiger partial charge in [-0.3, -0.25) is 9.59 Å². The van der Waals surface area contributed by atoms with Crippen LogP contribution in [-0.2, 0) is 20.9 Å². The van der Waals surface area contributed by atoms with Gasteiger partial charge in [-0.2, -0.15) is 4.98 Å². The zero-order valence-electron chi connectivity index (χ0n) is 15.1. The smallest absolute Gasteiger partial charge is 0.257 e. The zero-order chi connectivity index (χ0) is 18.8. The van der Waals surface area contributed by atoms with Crippen molar-refractivity contribution in [3.8, 4) is 0 Å². The molecule has 2 fully saturated rings. The van der Waals surface area contributed by atoms with E-state index in [-0.39, 0.29) is 17.9 Å². The van der Waals surface area contributed by atoms with Crippen molar-refractivity contribution in [3.05, 3.63) is 47.6 Å². The number of ether oxygens (including phenoxy) is 1. The largest absolute Gasteiger partial charge is 0.366 e. The summed E-state index contributed by atoms with van der Waals surface area (Å²) < 4.78 is 10.8. The Bertz CT molecular complexity index is 822. The zero-order valence-corrected chi connectivity index (χ0v) is 15.1. The van der Waals surface area contributed by atoms with Crippen LogP contribution in [0.15, 0.2) is 34.9 Å². The average molecular weight is 370 g/mol. The number of rotatable bonds is 5. The topological polar surface area (TPSA) is 97.6 Å². The number of carbonyl (C=O) groups is 2. The fraction of sp³-hybridized carbons (Fsp3) is 0.474. The number of carbonyl (C=O) groups excluding carboxylic acids is 2. The lowest BCUT2D eigenvalue weighted by Gasteiger charge is -2.20. The predicted molar refractivity (Wildman–Crippen MR) is 94.2 cm³/mol. The van der Waals surface area contributed by atoms with Crippen molar-refractivity contribution in [2.24, 2.45) is 5.92 Å². The molecule has 3 atom stereocenters. The summed E-state index contributed by atoms with van der Waals surface area (Å²) in [4.78, 5) is 31.3. The first-order valence-corrected chi connectivity index (χ1v) is 9.16. The lowest BCUT2D eigenvalue weighted by atomic mass is 10.0. The lowest BCUT2D eigenvalue weighted by Crippen LogP contribution is -2.43. The second-order valence-electron chi connectivity index (χ2n) is 6.96. The molecule has 1 aromatic heterocycles. The standard InChI is InChI=1S/C19H22N4O4/c1-12-20-18(27-22-12)16-15(8-10-26-16)21-17(24)14-7-9-23(19(14)25)11-13-5-3-2-4-6-13/h2-6,14-16H,7-11H2,1H3,(H,21,24)/t14?,15-,16+/m0/s1. The van der Waals surface area contributed by atoms with Gasteiger partial charge in [0.05, 0.1) is 6.04 Å². The van der Waals surface area contributed by atoms with Crippen molar-refractivity contribution in [2.75, 3.05) is 13.2 Å². The lowest BCUT2D eigenvalue weighted by molar-refractivity contribution is -0.138. The Kier molecular flexibility index (Phi) is 4.89. The highest BCUT2D eigenvalue weighted by Gasteiger charge is 2.41. The third-order valence-corrected chi connectivity index (χ3v) is 5.04. The maximum atomic E-state index is 12.7. The van der Waals surface area contributed by atoms with Crippen LogP contribution in [0, 0.1) is 12.8 Å². The molecule has 1 aromatic carbocycles. The Morgan fingerprint density at radius 3 is 2.85 bits per heavy atom. The minimum atomic E-state index is -0.653. The van der Waals surface area contributed by atoms with Gasteiger partial charge in [-0.15, -0.1) is 0 Å². The number of hydrogen-bond acceptors (Lipinski definition) is 6. The van der Waals surface area contributed by atoms with E-state index in [1.807, 2.05) is 30.3 Å². The number of hydrogen-bond donors (Lipinski definition) is 1. The number of likely N-dealkylation sites (tertiary alicyclic amines) is 1. The highest BCUT2D eigenvalue weighted by Crippen LogP contribution is 2.29. The minimum absolute atomic E-state index is 0.125. The number of benzene rings is 1. The number of aromatic nitrogens is 2. The summed E-state index contributed by atoms with van der Waals surface area (Å²) in [5.74, 6) is -0.154. The van der Waals surface area contributed by atoms with Gasteiger partial charge in [0.2, 0.25) is 11.8 Å². The maximum Gasteiger partial charge on any atom is 0.257 e. The van der Waals surface area contributed by atoms with Crippen LogP contribution in [0.25, 0.3) is 0 Å². The third kappa shape index (κ3) is 3.71. The molecule has 2 amide bonds. The van der Waals surface area contributed by atoms with E-state index in [0.29, 0.717) is 44.3 Å². The van der Waals surface area contributed by atoms with Crippen molar-refractivity contribution in [3.63, 3.8) is 0 Å². The molecule has 0 radical (unpaired) electrons. The SMILES string of the molecule is Cc1noc([C@@H]2OCC[C@@H]2NC(=O)C2CCN(Cc3ccccc3)C2=O)n1. The Morgan fingerprint density at radius 1 is 1.30 bits per heavy atom. The summed E-state index contributed by atoms with van der Waals surface area (Å²) in [6.07, 6.45) is 0.703. The first-order valence-electron chi connectivity index (χ1n) is 9.16. The van der Waals surface area contributed by atoms with Gasteiger partial charge in [-0.1, -0.05) is 35.5 Å². The van der Waals surface area contributed by atoms with E-state index < -0.39 is 12.0 Å². The van der Waals surface area contributed by atoms with E-state index >= 15 is 0 Å². The molecule has 0 saturated carbocycles. The van der Waals surface area contributed by atoms with Gasteiger partial charge in [0.25, 0.3) is 5.89 Å². The van der Waals surface area contributed by atoms with Crippen molar-refractivity contribution in [1.82, 2.24) is 20.4 Å². The van der Waals surface area contributed by atoms with Gasteiger partial charge >= 0.3 is 0 Å². The van der Waals surface area contributed by atoms with Crippen LogP contribution in [0.1, 0.15) is 36.2 Å². The quantitative estimate of drug-likeness (QED) is 0.799. The summed E-state index contributed by atoms with van der Waals surface area (Å²) in [7, 11) is 0. The van der Waals surface area contributed by atoms with Crippen molar-refractivity contribution < 1.29 is 18.8 Å². The molecule has 0 bridgehead atoms. The fourth-order valence-electron chi connectivity index (χ4n) is 3.64. The summed E-state index contributed by atoms with van der Waals surface area (Å²) in [5, 5.41) is 6.73. The average Bonchev–Trinajstić information content (AvgIpc) is 3.37. The van der Waals surface area contributed by atoms with E-state index in [4.69, 9.17) is 9.26 Å². The van der Waals surface area contributed by atoms with Crippen LogP contribution in [-0.4, -0.2) is 46.0 Å². The van der Waals surface area contributed by atoms with E-state index in [0.717, 1.165) is 5.56 Å². The van der Waals surface area contributed by atoms with Crippen LogP contribution in [0.4, 0.5) is 0 Å². The Balaban J connectivity index is 1.37. The first-order chi connectivity index (χ1) is 13.1. The summed E-state index contributed by atoms with van der Waals surface area (Å²) in [5.41, 5.74) is 1.06. The molecule has 2 aliphatic rings. The molecular formula is C19H22N4O4. The second kappa shape index (κ2) is 7.48. The molecule has 3 heterocycles. The molecule has 2 aliphatic heterocycles. The maximum absolute atomic E-state index is 12.7. The van der Waals surface area contributed by atoms with Crippen LogP contribution in [0.5, 0.6) is 0 Å². The molecule has 2 aromatic rings. The molecule has 27 heavy (non-hydrogen) atoms. The highest BCUT2D eigenvalue weighted by atomic mass is 16.5. The molecule has 0 aliphatic carbocycles. The van der Waals surface area contributed by atoms with Crippen molar-refractivity contribution in [1.29, 1.82) is 0 Å². The van der Waals surface area contributed by atoms with E-state index in [1.54, 1.807) is 11.8 Å². The summed E-state index contributed by atoms with van der Waals surface area (Å²) >= 11 is 0. The molecule has 2 saturated heterocycles. The molecule has 8 heteroatoms. The van der Waals surface area contributed by atoms with E-state index in [1.165, 1.54) is 0 Å². The van der Waals surface area contributed by atoms with Gasteiger partial charge in [0.1, 0.15) is 5.92 Å². The molecule has 8 nitrogen and oxygen atoms in total. The summed E-state index contributed by atoms with van der Waals surface area (Å²) in [6.45, 7) is 3.34. The predicted octanol–water partition coefficient (Wildman–Crippen LogP) is 1.37. The number of nitrogens with one attached hydrogen (secondary N) is 1. The summed E-state index contributed by atoms with van der Waals surface area (Å²) in [6, 6.07) is 9.52. The number of aryl methyl sites for hydroxylation is 1.